The molecule has 0 saturated carbocycles. The number of aliphatic carboxylic acids is 1. The molecular formula is C21H22F3N7O3. The van der Waals surface area contributed by atoms with Crippen LogP contribution in [0.2, 0.25) is 0 Å². The quantitative estimate of drug-likeness (QED) is 0.587. The molecule has 0 spiro atoms. The van der Waals surface area contributed by atoms with E-state index >= 15 is 0 Å². The maximum Gasteiger partial charge on any atom is 0.490 e. The van der Waals surface area contributed by atoms with Gasteiger partial charge in [0.15, 0.2) is 0 Å². The number of carbonyl (C=O) groups excluding carboxylic acids is 1. The second kappa shape index (κ2) is 10.7. The molecule has 0 saturated heterocycles. The topological polar surface area (TPSA) is 126 Å². The Kier molecular flexibility index (Phi) is 7.76. The number of fused-ring (bicyclic) bond motifs is 1. The highest BCUT2D eigenvalue weighted by Gasteiger charge is 2.38. The number of aromatic nitrogens is 5. The van der Waals surface area contributed by atoms with Gasteiger partial charge in [-0.1, -0.05) is 6.07 Å². The molecular weight excluding hydrogens is 455 g/mol. The number of carbonyl (C=O) groups is 2. The minimum Gasteiger partial charge on any atom is -0.475 e. The Morgan fingerprint density at radius 1 is 1.12 bits per heavy atom. The zero-order valence-corrected chi connectivity index (χ0v) is 18.1. The van der Waals surface area contributed by atoms with Gasteiger partial charge >= 0.3 is 12.1 Å². The molecule has 4 heterocycles. The van der Waals surface area contributed by atoms with E-state index in [0.717, 1.165) is 17.9 Å². The van der Waals surface area contributed by atoms with Crippen molar-refractivity contribution in [1.82, 2.24) is 29.6 Å². The van der Waals surface area contributed by atoms with Crippen molar-refractivity contribution in [1.29, 1.82) is 0 Å². The number of hydrogen-bond donors (Lipinski definition) is 2. The molecule has 3 aromatic heterocycles. The lowest BCUT2D eigenvalue weighted by Gasteiger charge is -2.24. The highest BCUT2D eigenvalue weighted by atomic mass is 19.4. The van der Waals surface area contributed by atoms with Crippen molar-refractivity contribution < 1.29 is 27.9 Å². The number of carboxylic acid groups (broad SMARTS) is 1. The summed E-state index contributed by atoms with van der Waals surface area (Å²) in [5.74, 6) is -2.06. The van der Waals surface area contributed by atoms with E-state index in [0.29, 0.717) is 31.3 Å². The summed E-state index contributed by atoms with van der Waals surface area (Å²) >= 11 is 0. The van der Waals surface area contributed by atoms with Gasteiger partial charge in [0.1, 0.15) is 5.69 Å². The molecule has 34 heavy (non-hydrogen) atoms. The van der Waals surface area contributed by atoms with Gasteiger partial charge in [0.2, 0.25) is 5.95 Å². The molecule has 0 fully saturated rings. The number of nitrogens with zero attached hydrogens (tertiary/aromatic N) is 6. The van der Waals surface area contributed by atoms with E-state index in [9.17, 15) is 18.0 Å². The predicted molar refractivity (Wildman–Crippen MR) is 114 cm³/mol. The first-order valence-corrected chi connectivity index (χ1v) is 10.2. The second-order valence-corrected chi connectivity index (χ2v) is 7.48. The van der Waals surface area contributed by atoms with Gasteiger partial charge in [0.05, 0.1) is 12.2 Å². The van der Waals surface area contributed by atoms with Gasteiger partial charge in [0.25, 0.3) is 5.91 Å². The summed E-state index contributed by atoms with van der Waals surface area (Å²) in [6.45, 7) is 4.40. The molecule has 4 rings (SSSR count). The Morgan fingerprint density at radius 3 is 2.47 bits per heavy atom. The molecule has 3 aromatic rings. The predicted octanol–water partition coefficient (Wildman–Crippen LogP) is 2.39. The monoisotopic (exact) mass is 477 g/mol. The molecule has 1 amide bonds. The molecule has 0 bridgehead atoms. The number of nitrogens with one attached hydrogen (secondary N) is 1. The lowest BCUT2D eigenvalue weighted by Crippen LogP contribution is -2.36. The molecule has 0 radical (unpaired) electrons. The van der Waals surface area contributed by atoms with Crippen molar-refractivity contribution in [3.8, 4) is 0 Å². The first-order valence-electron chi connectivity index (χ1n) is 10.2. The van der Waals surface area contributed by atoms with Crippen molar-refractivity contribution in [2.24, 2.45) is 5.92 Å². The van der Waals surface area contributed by atoms with Gasteiger partial charge in [-0.25, -0.2) is 19.7 Å². The third-order valence-corrected chi connectivity index (χ3v) is 4.82. The zero-order chi connectivity index (χ0) is 24.7. The molecule has 1 aliphatic heterocycles. The van der Waals surface area contributed by atoms with Crippen molar-refractivity contribution in [3.05, 3.63) is 66.0 Å². The summed E-state index contributed by atoms with van der Waals surface area (Å²) < 4.78 is 33.7. The molecule has 10 nitrogen and oxygen atoms in total. The minimum absolute atomic E-state index is 0.0608. The van der Waals surface area contributed by atoms with Crippen LogP contribution in [0.1, 0.15) is 21.9 Å². The van der Waals surface area contributed by atoms with Crippen molar-refractivity contribution in [2.75, 3.05) is 18.4 Å². The van der Waals surface area contributed by atoms with Crippen LogP contribution in [0.25, 0.3) is 0 Å². The number of hydrogen-bond acceptors (Lipinski definition) is 7. The van der Waals surface area contributed by atoms with Crippen molar-refractivity contribution in [3.63, 3.8) is 0 Å². The van der Waals surface area contributed by atoms with Gasteiger partial charge in [0, 0.05) is 49.8 Å². The summed E-state index contributed by atoms with van der Waals surface area (Å²) in [4.78, 5) is 36.6. The molecule has 1 unspecified atom stereocenters. The van der Waals surface area contributed by atoms with Crippen molar-refractivity contribution >= 4 is 17.8 Å². The van der Waals surface area contributed by atoms with Crippen LogP contribution in [-0.2, 0) is 17.9 Å². The number of amides is 1. The molecule has 1 atom stereocenters. The Labute approximate surface area is 192 Å². The zero-order valence-electron chi connectivity index (χ0n) is 18.1. The van der Waals surface area contributed by atoms with Gasteiger partial charge in [-0.05, 0) is 31.2 Å². The number of pyridine rings is 1. The van der Waals surface area contributed by atoms with Gasteiger partial charge in [-0.15, -0.1) is 0 Å². The van der Waals surface area contributed by atoms with Gasteiger partial charge in [-0.2, -0.15) is 18.3 Å². The van der Waals surface area contributed by atoms with E-state index < -0.39 is 12.1 Å². The smallest absolute Gasteiger partial charge is 0.475 e. The highest BCUT2D eigenvalue weighted by Crippen LogP contribution is 2.18. The van der Waals surface area contributed by atoms with Crippen LogP contribution in [-0.4, -0.2) is 65.9 Å². The molecule has 2 N–H and O–H groups in total. The standard InChI is InChI=1S/C19H21N7O.C2HF3O2/c1-14-4-2-5-17(24-14)18(27)25-11-15(10-22-19-20-7-3-8-21-19)12-26-16(13-25)6-9-23-26;3-2(4,5)1(6)7/h2-9,15H,10-13H2,1H3,(H,20,21,22);(H,6,7). The Hall–Kier alpha value is -4.03. The van der Waals surface area contributed by atoms with E-state index in [4.69, 9.17) is 9.90 Å². The summed E-state index contributed by atoms with van der Waals surface area (Å²) in [7, 11) is 0. The largest absolute Gasteiger partial charge is 0.490 e. The average Bonchev–Trinajstić information content (AvgIpc) is 3.15. The average molecular weight is 477 g/mol. The first kappa shape index (κ1) is 24.6. The van der Waals surface area contributed by atoms with Crippen LogP contribution in [0.4, 0.5) is 19.1 Å². The number of halogens is 3. The van der Waals surface area contributed by atoms with E-state index in [1.807, 2.05) is 34.7 Å². The molecule has 180 valence electrons. The Morgan fingerprint density at radius 2 is 1.82 bits per heavy atom. The van der Waals surface area contributed by atoms with Crippen LogP contribution in [0, 0.1) is 12.8 Å². The summed E-state index contributed by atoms with van der Waals surface area (Å²) in [5.41, 5.74) is 2.33. The number of anilines is 1. The van der Waals surface area contributed by atoms with E-state index in [1.165, 1.54) is 0 Å². The van der Waals surface area contributed by atoms with E-state index in [-0.39, 0.29) is 11.8 Å². The van der Waals surface area contributed by atoms with Crippen LogP contribution in [0.15, 0.2) is 48.9 Å². The Balaban J connectivity index is 0.000000406. The van der Waals surface area contributed by atoms with Crippen LogP contribution < -0.4 is 5.32 Å². The number of alkyl halides is 3. The fraction of sp³-hybridized carbons (Fsp3) is 0.333. The SMILES string of the molecule is Cc1cccc(C(=O)N2Cc3ccnn3CC(CNc3ncccn3)C2)n1.O=C(O)C(F)(F)F. The summed E-state index contributed by atoms with van der Waals surface area (Å²) in [5, 5.41) is 14.8. The summed E-state index contributed by atoms with van der Waals surface area (Å²) in [6.07, 6.45) is 0.0968. The van der Waals surface area contributed by atoms with Crippen LogP contribution >= 0.6 is 0 Å². The number of rotatable bonds is 4. The molecule has 0 aromatic carbocycles. The maximum atomic E-state index is 13.0. The van der Waals surface area contributed by atoms with E-state index in [2.05, 4.69) is 25.4 Å². The second-order valence-electron chi connectivity index (χ2n) is 7.48. The van der Waals surface area contributed by atoms with Gasteiger partial charge in [-0.3, -0.25) is 9.48 Å². The van der Waals surface area contributed by atoms with Crippen molar-refractivity contribution in [2.45, 2.75) is 26.2 Å². The molecule has 13 heteroatoms. The van der Waals surface area contributed by atoms with Crippen LogP contribution in [0.5, 0.6) is 0 Å². The highest BCUT2D eigenvalue weighted by molar-refractivity contribution is 5.92. The normalized spacial score (nSPS) is 15.4. The Bertz CT molecular complexity index is 1120. The summed E-state index contributed by atoms with van der Waals surface area (Å²) in [6, 6.07) is 9.26. The van der Waals surface area contributed by atoms with E-state index in [1.54, 1.807) is 30.7 Å². The third-order valence-electron chi connectivity index (χ3n) is 4.82. The fourth-order valence-electron chi connectivity index (χ4n) is 3.27. The lowest BCUT2D eigenvalue weighted by atomic mass is 10.1. The first-order chi connectivity index (χ1) is 16.1. The van der Waals surface area contributed by atoms with Gasteiger partial charge < -0.3 is 15.3 Å². The maximum absolute atomic E-state index is 13.0. The third kappa shape index (κ3) is 6.73. The number of carboxylic acids is 1. The fourth-order valence-corrected chi connectivity index (χ4v) is 3.27. The molecule has 1 aliphatic rings. The van der Waals surface area contributed by atoms with Crippen LogP contribution in [0.3, 0.4) is 0 Å². The molecule has 0 aliphatic carbocycles. The minimum atomic E-state index is -5.08. The lowest BCUT2D eigenvalue weighted by molar-refractivity contribution is -0.192. The number of aryl methyl sites for hydroxylation is 1.